The Labute approximate surface area is 144 Å². The second kappa shape index (κ2) is 6.47. The van der Waals surface area contributed by atoms with Gasteiger partial charge in [0.15, 0.2) is 0 Å². The lowest BCUT2D eigenvalue weighted by Gasteiger charge is -2.30. The predicted molar refractivity (Wildman–Crippen MR) is 92.5 cm³/mol. The molecule has 25 heavy (non-hydrogen) atoms. The minimum atomic E-state index is -0.256. The highest BCUT2D eigenvalue weighted by molar-refractivity contribution is 5.94. The van der Waals surface area contributed by atoms with Crippen LogP contribution >= 0.6 is 0 Å². The maximum absolute atomic E-state index is 13.1. The Balaban J connectivity index is 1.49. The highest BCUT2D eigenvalue weighted by Gasteiger charge is 2.28. The lowest BCUT2D eigenvalue weighted by molar-refractivity contribution is -0.120. The molecule has 1 atom stereocenters. The zero-order valence-corrected chi connectivity index (χ0v) is 13.5. The number of pyridine rings is 1. The molecular weight excluding hydrogens is 319 g/mol. The van der Waals surface area contributed by atoms with Gasteiger partial charge in [0.1, 0.15) is 11.6 Å². The molecule has 1 aliphatic rings. The van der Waals surface area contributed by atoms with E-state index < -0.39 is 0 Å². The Morgan fingerprint density at radius 2 is 1.88 bits per heavy atom. The molecule has 0 radical (unpaired) electrons. The van der Waals surface area contributed by atoms with Crippen LogP contribution < -0.4 is 4.90 Å². The van der Waals surface area contributed by atoms with Gasteiger partial charge in [-0.1, -0.05) is 12.1 Å². The third-order valence-electron chi connectivity index (χ3n) is 4.60. The number of halogens is 1. The van der Waals surface area contributed by atoms with E-state index in [2.05, 4.69) is 15.2 Å². The molecule has 3 aromatic rings. The van der Waals surface area contributed by atoms with Crippen LogP contribution in [0.5, 0.6) is 0 Å². The molecule has 126 valence electrons. The smallest absolute Gasteiger partial charge is 0.228 e. The molecule has 1 N–H and O–H groups in total. The SMILES string of the molecule is O=C1CC(c2ccc(F)cc2)CCN1c1cc(-c2ccncc2)n[nH]1. The van der Waals surface area contributed by atoms with Crippen molar-refractivity contribution < 1.29 is 9.18 Å². The number of piperidine rings is 1. The first-order chi connectivity index (χ1) is 12.2. The molecule has 0 saturated carbocycles. The summed E-state index contributed by atoms with van der Waals surface area (Å²) in [5, 5.41) is 7.25. The fourth-order valence-electron chi connectivity index (χ4n) is 3.23. The maximum Gasteiger partial charge on any atom is 0.228 e. The summed E-state index contributed by atoms with van der Waals surface area (Å²) in [5.74, 6) is 0.625. The van der Waals surface area contributed by atoms with Gasteiger partial charge in [-0.25, -0.2) is 4.39 Å². The lowest BCUT2D eigenvalue weighted by Crippen LogP contribution is -2.38. The Morgan fingerprint density at radius 1 is 1.12 bits per heavy atom. The van der Waals surface area contributed by atoms with Crippen molar-refractivity contribution in [3.8, 4) is 11.3 Å². The van der Waals surface area contributed by atoms with Gasteiger partial charge in [-0.05, 0) is 42.2 Å². The molecule has 1 saturated heterocycles. The Kier molecular flexibility index (Phi) is 4.01. The normalized spacial score (nSPS) is 17.7. The molecule has 1 fully saturated rings. The average molecular weight is 336 g/mol. The molecule has 1 unspecified atom stereocenters. The van der Waals surface area contributed by atoms with Gasteiger partial charge in [-0.3, -0.25) is 19.8 Å². The van der Waals surface area contributed by atoms with Gasteiger partial charge in [-0.15, -0.1) is 0 Å². The number of nitrogens with zero attached hydrogens (tertiary/aromatic N) is 3. The third-order valence-corrected chi connectivity index (χ3v) is 4.60. The van der Waals surface area contributed by atoms with Crippen molar-refractivity contribution in [1.82, 2.24) is 15.2 Å². The Morgan fingerprint density at radius 3 is 2.60 bits per heavy atom. The number of aromatic amines is 1. The highest BCUT2D eigenvalue weighted by Crippen LogP contribution is 2.31. The van der Waals surface area contributed by atoms with E-state index in [-0.39, 0.29) is 17.6 Å². The molecule has 1 amide bonds. The first-order valence-electron chi connectivity index (χ1n) is 8.22. The molecule has 1 aromatic carbocycles. The van der Waals surface area contributed by atoms with Crippen molar-refractivity contribution in [3.05, 3.63) is 66.2 Å². The van der Waals surface area contributed by atoms with Crippen LogP contribution in [0.3, 0.4) is 0 Å². The van der Waals surface area contributed by atoms with E-state index in [0.717, 1.165) is 23.2 Å². The summed E-state index contributed by atoms with van der Waals surface area (Å²) in [6.07, 6.45) is 4.67. The summed E-state index contributed by atoms with van der Waals surface area (Å²) in [6.45, 7) is 0.610. The minimum Gasteiger partial charge on any atom is -0.297 e. The van der Waals surface area contributed by atoms with Crippen molar-refractivity contribution >= 4 is 11.7 Å². The number of H-pyrrole nitrogens is 1. The number of hydrogen-bond donors (Lipinski definition) is 1. The third kappa shape index (κ3) is 3.15. The van der Waals surface area contributed by atoms with Crippen LogP contribution in [-0.2, 0) is 4.79 Å². The van der Waals surface area contributed by atoms with Crippen molar-refractivity contribution in [2.75, 3.05) is 11.4 Å². The molecule has 2 aromatic heterocycles. The first-order valence-corrected chi connectivity index (χ1v) is 8.22. The number of nitrogens with one attached hydrogen (secondary N) is 1. The van der Waals surface area contributed by atoms with Crippen LogP contribution in [0.1, 0.15) is 24.3 Å². The van der Waals surface area contributed by atoms with Crippen molar-refractivity contribution in [2.45, 2.75) is 18.8 Å². The number of benzene rings is 1. The lowest BCUT2D eigenvalue weighted by atomic mass is 9.89. The number of carbonyl (C=O) groups excluding carboxylic acids is 1. The molecule has 4 rings (SSSR count). The summed E-state index contributed by atoms with van der Waals surface area (Å²) in [7, 11) is 0. The van der Waals surface area contributed by atoms with Gasteiger partial charge in [0.25, 0.3) is 0 Å². The van der Waals surface area contributed by atoms with Crippen LogP contribution in [0, 0.1) is 5.82 Å². The second-order valence-electron chi connectivity index (χ2n) is 6.16. The van der Waals surface area contributed by atoms with E-state index in [9.17, 15) is 9.18 Å². The van der Waals surface area contributed by atoms with Gasteiger partial charge in [-0.2, -0.15) is 5.10 Å². The van der Waals surface area contributed by atoms with E-state index in [1.807, 2.05) is 18.2 Å². The second-order valence-corrected chi connectivity index (χ2v) is 6.16. The fourth-order valence-corrected chi connectivity index (χ4v) is 3.23. The Hall–Kier alpha value is -3.02. The maximum atomic E-state index is 13.1. The summed E-state index contributed by atoms with van der Waals surface area (Å²) < 4.78 is 13.1. The van der Waals surface area contributed by atoms with Gasteiger partial charge in [0.2, 0.25) is 5.91 Å². The van der Waals surface area contributed by atoms with Crippen LogP contribution in [0.4, 0.5) is 10.2 Å². The zero-order chi connectivity index (χ0) is 17.2. The Bertz CT molecular complexity index is 876. The van der Waals surface area contributed by atoms with E-state index in [0.29, 0.717) is 18.8 Å². The number of amides is 1. The largest absolute Gasteiger partial charge is 0.297 e. The average Bonchev–Trinajstić information content (AvgIpc) is 3.13. The standard InChI is InChI=1S/C19H17FN4O/c20-16-3-1-13(2-4-16)15-7-10-24(19(25)11-15)18-12-17(22-23-18)14-5-8-21-9-6-14/h1-6,8-9,12,15H,7,10-11H2,(H,22,23). The van der Waals surface area contributed by atoms with E-state index >= 15 is 0 Å². The van der Waals surface area contributed by atoms with Crippen LogP contribution in [0.15, 0.2) is 54.9 Å². The van der Waals surface area contributed by atoms with Crippen molar-refractivity contribution in [1.29, 1.82) is 0 Å². The van der Waals surface area contributed by atoms with Crippen LogP contribution in [-0.4, -0.2) is 27.6 Å². The number of rotatable bonds is 3. The summed E-state index contributed by atoms with van der Waals surface area (Å²) in [4.78, 5) is 18.3. The molecule has 0 spiro atoms. The first kappa shape index (κ1) is 15.5. The summed E-state index contributed by atoms with van der Waals surface area (Å²) in [5.41, 5.74) is 2.74. The molecule has 0 bridgehead atoms. The van der Waals surface area contributed by atoms with Gasteiger partial charge < -0.3 is 0 Å². The molecule has 0 aliphatic carbocycles. The quantitative estimate of drug-likeness (QED) is 0.796. The monoisotopic (exact) mass is 336 g/mol. The van der Waals surface area contributed by atoms with E-state index in [4.69, 9.17) is 0 Å². The fraction of sp³-hybridized carbons (Fsp3) is 0.211. The molecule has 5 nitrogen and oxygen atoms in total. The van der Waals surface area contributed by atoms with Crippen LogP contribution in [0.25, 0.3) is 11.3 Å². The van der Waals surface area contributed by atoms with Crippen molar-refractivity contribution in [3.63, 3.8) is 0 Å². The number of hydrogen-bond acceptors (Lipinski definition) is 3. The minimum absolute atomic E-state index is 0.0468. The van der Waals surface area contributed by atoms with Gasteiger partial charge in [0, 0.05) is 37.0 Å². The van der Waals surface area contributed by atoms with Gasteiger partial charge in [0.05, 0.1) is 5.69 Å². The van der Waals surface area contributed by atoms with E-state index in [1.54, 1.807) is 29.4 Å². The predicted octanol–water partition coefficient (Wildman–Crippen LogP) is 3.52. The summed E-state index contributed by atoms with van der Waals surface area (Å²) >= 11 is 0. The molecule has 3 heterocycles. The number of anilines is 1. The number of carbonyl (C=O) groups is 1. The van der Waals surface area contributed by atoms with Crippen molar-refractivity contribution in [2.24, 2.45) is 0 Å². The van der Waals surface area contributed by atoms with E-state index in [1.165, 1.54) is 12.1 Å². The summed E-state index contributed by atoms with van der Waals surface area (Å²) in [6, 6.07) is 12.1. The number of aromatic nitrogens is 3. The molecule has 6 heteroatoms. The van der Waals surface area contributed by atoms with Gasteiger partial charge >= 0.3 is 0 Å². The molecular formula is C19H17FN4O. The topological polar surface area (TPSA) is 61.9 Å². The van der Waals surface area contributed by atoms with Crippen LogP contribution in [0.2, 0.25) is 0 Å². The zero-order valence-electron chi connectivity index (χ0n) is 13.5. The highest BCUT2D eigenvalue weighted by atomic mass is 19.1. The molecule has 1 aliphatic heterocycles.